The van der Waals surface area contributed by atoms with Crippen LogP contribution in [0.4, 0.5) is 0 Å². The molecule has 0 saturated heterocycles. The molecule has 0 aliphatic heterocycles. The van der Waals surface area contributed by atoms with Crippen LogP contribution in [0.3, 0.4) is 0 Å². The molecule has 0 fully saturated rings. The zero-order valence-electron chi connectivity index (χ0n) is 13.5. The minimum atomic E-state index is -1.09. The molecule has 0 bridgehead atoms. The first-order valence-electron chi connectivity index (χ1n) is 7.62. The van der Waals surface area contributed by atoms with Crippen molar-refractivity contribution in [2.24, 2.45) is 7.05 Å². The van der Waals surface area contributed by atoms with E-state index >= 15 is 0 Å². The van der Waals surface area contributed by atoms with Crippen LogP contribution in [-0.4, -0.2) is 21.6 Å². The maximum Gasteiger partial charge on any atom is 0.330 e. The lowest BCUT2D eigenvalue weighted by atomic mass is 10.1. The van der Waals surface area contributed by atoms with Crippen molar-refractivity contribution in [3.8, 4) is 0 Å². The zero-order chi connectivity index (χ0) is 17.3. The largest absolute Gasteiger partial charge is 0.479 e. The summed E-state index contributed by atoms with van der Waals surface area (Å²) in [7, 11) is 1.80. The zero-order valence-corrected chi connectivity index (χ0v) is 13.5. The Morgan fingerprint density at radius 2 is 1.79 bits per heavy atom. The lowest BCUT2D eigenvalue weighted by molar-refractivity contribution is -0.139. The molecule has 0 spiro atoms. The molecule has 0 aliphatic rings. The van der Waals surface area contributed by atoms with Crippen molar-refractivity contribution in [1.82, 2.24) is 9.88 Å². The van der Waals surface area contributed by atoms with Crippen molar-refractivity contribution in [2.45, 2.75) is 13.0 Å². The number of aliphatic carboxylic acids is 1. The van der Waals surface area contributed by atoms with Crippen LogP contribution in [-0.2, 0) is 11.8 Å². The number of nitrogens with one attached hydrogen (secondary N) is 1. The van der Waals surface area contributed by atoms with Gasteiger partial charge in [-0.1, -0.05) is 42.0 Å². The Labute approximate surface area is 139 Å². The number of carboxylic acid groups (broad SMARTS) is 1. The van der Waals surface area contributed by atoms with E-state index in [4.69, 9.17) is 0 Å². The van der Waals surface area contributed by atoms with Crippen molar-refractivity contribution in [1.29, 1.82) is 0 Å². The smallest absolute Gasteiger partial charge is 0.330 e. The van der Waals surface area contributed by atoms with Gasteiger partial charge in [-0.3, -0.25) is 4.79 Å². The number of rotatable bonds is 4. The Morgan fingerprint density at radius 1 is 1.08 bits per heavy atom. The average Bonchev–Trinajstić information content (AvgIpc) is 2.89. The van der Waals surface area contributed by atoms with Crippen molar-refractivity contribution in [2.75, 3.05) is 0 Å². The van der Waals surface area contributed by atoms with Gasteiger partial charge in [-0.15, -0.1) is 0 Å². The number of aryl methyl sites for hydroxylation is 2. The Bertz CT molecular complexity index is 913. The van der Waals surface area contributed by atoms with E-state index in [1.165, 1.54) is 0 Å². The van der Waals surface area contributed by atoms with E-state index in [1.54, 1.807) is 48.0 Å². The lowest BCUT2D eigenvalue weighted by Gasteiger charge is -2.15. The molecule has 3 aromatic rings. The summed E-state index contributed by atoms with van der Waals surface area (Å²) in [6.07, 6.45) is 0. The maximum atomic E-state index is 12.6. The predicted molar refractivity (Wildman–Crippen MR) is 91.9 cm³/mol. The molecule has 1 aromatic heterocycles. The van der Waals surface area contributed by atoms with Crippen LogP contribution in [0.25, 0.3) is 10.9 Å². The van der Waals surface area contributed by atoms with Crippen LogP contribution in [0.1, 0.15) is 27.7 Å². The summed E-state index contributed by atoms with van der Waals surface area (Å²) >= 11 is 0. The van der Waals surface area contributed by atoms with Crippen molar-refractivity contribution < 1.29 is 14.7 Å². The van der Waals surface area contributed by atoms with Crippen LogP contribution in [0.2, 0.25) is 0 Å². The summed E-state index contributed by atoms with van der Waals surface area (Å²) in [5.41, 5.74) is 3.00. The molecule has 24 heavy (non-hydrogen) atoms. The Balaban J connectivity index is 1.94. The van der Waals surface area contributed by atoms with E-state index in [2.05, 4.69) is 5.32 Å². The number of hydrogen-bond acceptors (Lipinski definition) is 2. The molecule has 3 rings (SSSR count). The van der Waals surface area contributed by atoms with E-state index in [-0.39, 0.29) is 0 Å². The molecule has 5 heteroatoms. The number of amides is 1. The van der Waals surface area contributed by atoms with Gasteiger partial charge in [-0.25, -0.2) is 4.79 Å². The summed E-state index contributed by atoms with van der Waals surface area (Å²) in [6, 6.07) is 15.3. The Morgan fingerprint density at radius 3 is 2.46 bits per heavy atom. The van der Waals surface area contributed by atoms with Gasteiger partial charge in [0.05, 0.1) is 0 Å². The molecule has 2 aromatic carbocycles. The van der Waals surface area contributed by atoms with Gasteiger partial charge in [0.15, 0.2) is 6.04 Å². The van der Waals surface area contributed by atoms with Gasteiger partial charge in [0, 0.05) is 18.0 Å². The van der Waals surface area contributed by atoms with Crippen molar-refractivity contribution in [3.05, 3.63) is 71.4 Å². The molecule has 0 saturated carbocycles. The van der Waals surface area contributed by atoms with Crippen LogP contribution >= 0.6 is 0 Å². The molecular weight excluding hydrogens is 304 g/mol. The average molecular weight is 322 g/mol. The third-order valence-electron chi connectivity index (χ3n) is 4.09. The van der Waals surface area contributed by atoms with Crippen LogP contribution in [0, 0.1) is 6.92 Å². The maximum absolute atomic E-state index is 12.6. The van der Waals surface area contributed by atoms with Gasteiger partial charge in [0.2, 0.25) is 0 Å². The second kappa shape index (κ2) is 6.20. The third kappa shape index (κ3) is 2.88. The number of nitrogens with zero attached hydrogens (tertiary/aromatic N) is 1. The van der Waals surface area contributed by atoms with Crippen LogP contribution in [0.15, 0.2) is 54.6 Å². The summed E-state index contributed by atoms with van der Waals surface area (Å²) in [5.74, 6) is -1.51. The first-order chi connectivity index (χ1) is 11.5. The minimum Gasteiger partial charge on any atom is -0.479 e. The quantitative estimate of drug-likeness (QED) is 0.775. The molecule has 1 amide bonds. The Hall–Kier alpha value is -3.08. The molecule has 1 unspecified atom stereocenters. The number of carbonyl (C=O) groups excluding carboxylic acids is 1. The van der Waals surface area contributed by atoms with Crippen molar-refractivity contribution >= 4 is 22.8 Å². The molecular formula is C19H18N2O3. The van der Waals surface area contributed by atoms with E-state index < -0.39 is 17.9 Å². The molecule has 2 N–H and O–H groups in total. The predicted octanol–water partition coefficient (Wildman–Crippen LogP) is 3.04. The molecule has 122 valence electrons. The third-order valence-corrected chi connectivity index (χ3v) is 4.09. The van der Waals surface area contributed by atoms with Gasteiger partial charge < -0.3 is 15.0 Å². The second-order valence-electron chi connectivity index (χ2n) is 5.81. The van der Waals surface area contributed by atoms with E-state index in [0.29, 0.717) is 11.3 Å². The van der Waals surface area contributed by atoms with Gasteiger partial charge in [0.1, 0.15) is 5.69 Å². The van der Waals surface area contributed by atoms with Gasteiger partial charge in [-0.05, 0) is 30.7 Å². The highest BCUT2D eigenvalue weighted by molar-refractivity contribution is 6.00. The SMILES string of the molecule is Cc1ccc2c(c1)cc(C(=O)NC(C(=O)O)c1ccccc1)n2C. The fraction of sp³-hybridized carbons (Fsp3) is 0.158. The number of carboxylic acids is 1. The molecule has 0 radical (unpaired) electrons. The number of aromatic nitrogens is 1. The van der Waals surface area contributed by atoms with Crippen LogP contribution < -0.4 is 5.32 Å². The summed E-state index contributed by atoms with van der Waals surface area (Å²) in [6.45, 7) is 1.99. The second-order valence-corrected chi connectivity index (χ2v) is 5.81. The van der Waals surface area contributed by atoms with E-state index in [1.807, 2.05) is 25.1 Å². The van der Waals surface area contributed by atoms with Crippen molar-refractivity contribution in [3.63, 3.8) is 0 Å². The van der Waals surface area contributed by atoms with E-state index in [9.17, 15) is 14.7 Å². The lowest BCUT2D eigenvalue weighted by Crippen LogP contribution is -2.34. The number of hydrogen-bond donors (Lipinski definition) is 2. The summed E-state index contributed by atoms with van der Waals surface area (Å²) < 4.78 is 1.77. The first kappa shape index (κ1) is 15.8. The number of fused-ring (bicyclic) bond motifs is 1. The molecule has 1 heterocycles. The summed E-state index contributed by atoms with van der Waals surface area (Å²) in [5, 5.41) is 13.0. The fourth-order valence-corrected chi connectivity index (χ4v) is 2.82. The van der Waals surface area contributed by atoms with Gasteiger partial charge in [-0.2, -0.15) is 0 Å². The first-order valence-corrected chi connectivity index (χ1v) is 7.62. The fourth-order valence-electron chi connectivity index (χ4n) is 2.82. The van der Waals surface area contributed by atoms with Gasteiger partial charge in [0.25, 0.3) is 5.91 Å². The highest BCUT2D eigenvalue weighted by Gasteiger charge is 2.24. The number of benzene rings is 2. The number of carbonyl (C=O) groups is 2. The highest BCUT2D eigenvalue weighted by Crippen LogP contribution is 2.21. The molecule has 1 atom stereocenters. The standard InChI is InChI=1S/C19H18N2O3/c1-12-8-9-15-14(10-12)11-16(21(15)2)18(22)20-17(19(23)24)13-6-4-3-5-7-13/h3-11,17H,1-2H3,(H,20,22)(H,23,24). The normalized spacial score (nSPS) is 12.1. The molecule has 5 nitrogen and oxygen atoms in total. The van der Waals surface area contributed by atoms with Crippen LogP contribution in [0.5, 0.6) is 0 Å². The minimum absolute atomic E-state index is 0.414. The van der Waals surface area contributed by atoms with Gasteiger partial charge >= 0.3 is 5.97 Å². The Kier molecular flexibility index (Phi) is 4.08. The summed E-state index contributed by atoms with van der Waals surface area (Å²) in [4.78, 5) is 24.2. The van der Waals surface area contributed by atoms with E-state index in [0.717, 1.165) is 16.5 Å². The monoisotopic (exact) mass is 322 g/mol. The highest BCUT2D eigenvalue weighted by atomic mass is 16.4. The topological polar surface area (TPSA) is 71.3 Å². The molecule has 0 aliphatic carbocycles.